The van der Waals surface area contributed by atoms with Crippen molar-refractivity contribution in [2.75, 3.05) is 6.61 Å². The number of benzene rings is 3. The van der Waals surface area contributed by atoms with Crippen molar-refractivity contribution in [3.8, 4) is 11.5 Å². The van der Waals surface area contributed by atoms with Crippen LogP contribution in [0.4, 0.5) is 0 Å². The third-order valence-electron chi connectivity index (χ3n) is 5.50. The lowest BCUT2D eigenvalue weighted by molar-refractivity contribution is 0.284. The molecule has 0 unspecified atom stereocenters. The number of ether oxygens (including phenoxy) is 2. The van der Waals surface area contributed by atoms with Gasteiger partial charge in [-0.25, -0.2) is 4.98 Å². The molecular formula is C27H29ClN2O2. The fraction of sp³-hybridized carbons (Fsp3) is 0.296. The van der Waals surface area contributed by atoms with E-state index in [2.05, 4.69) is 42.7 Å². The number of imidazole rings is 1. The smallest absolute Gasteiger partial charge is 0.147 e. The zero-order chi connectivity index (χ0) is 22.3. The van der Waals surface area contributed by atoms with Crippen LogP contribution in [0.25, 0.3) is 11.0 Å². The van der Waals surface area contributed by atoms with Gasteiger partial charge in [0.25, 0.3) is 0 Å². The molecule has 1 aromatic heterocycles. The van der Waals surface area contributed by atoms with Gasteiger partial charge in [-0.15, -0.1) is 0 Å². The zero-order valence-corrected chi connectivity index (χ0v) is 19.4. The Hall–Kier alpha value is -2.98. The van der Waals surface area contributed by atoms with E-state index in [9.17, 15) is 0 Å². The molecule has 0 saturated carbocycles. The summed E-state index contributed by atoms with van der Waals surface area (Å²) >= 11 is 6.24. The third-order valence-corrected chi connectivity index (χ3v) is 5.81. The number of rotatable bonds is 10. The Kier molecular flexibility index (Phi) is 7.33. The first-order valence-electron chi connectivity index (χ1n) is 11.2. The lowest BCUT2D eigenvalue weighted by atomic mass is 10.0. The highest BCUT2D eigenvalue weighted by molar-refractivity contribution is 6.32. The number of aryl methyl sites for hydroxylation is 1. The van der Waals surface area contributed by atoms with Gasteiger partial charge >= 0.3 is 0 Å². The minimum Gasteiger partial charge on any atom is -0.493 e. The zero-order valence-electron chi connectivity index (χ0n) is 18.6. The minimum atomic E-state index is 0.372. The SMILES string of the molecule is CC(C)c1ccccc1OCCCCn1c(COc2ccccc2Cl)nc2ccccc21. The maximum Gasteiger partial charge on any atom is 0.147 e. The van der Waals surface area contributed by atoms with E-state index in [-0.39, 0.29) is 0 Å². The van der Waals surface area contributed by atoms with Crippen molar-refractivity contribution >= 4 is 22.6 Å². The van der Waals surface area contributed by atoms with Crippen LogP contribution in [-0.4, -0.2) is 16.2 Å². The Morgan fingerprint density at radius 3 is 2.38 bits per heavy atom. The summed E-state index contributed by atoms with van der Waals surface area (Å²) in [6.07, 6.45) is 1.95. The van der Waals surface area contributed by atoms with Gasteiger partial charge < -0.3 is 14.0 Å². The van der Waals surface area contributed by atoms with Crippen LogP contribution in [0.1, 0.15) is 44.0 Å². The summed E-state index contributed by atoms with van der Waals surface area (Å²) in [6, 6.07) is 24.0. The standard InChI is InChI=1S/C27H29ClN2O2/c1-20(2)21-11-3-7-15-25(21)31-18-10-9-17-30-24-14-6-5-13-23(24)29-27(30)19-32-26-16-8-4-12-22(26)28/h3-8,11-16,20H,9-10,17-19H2,1-2H3. The van der Waals surface area contributed by atoms with Gasteiger partial charge in [-0.2, -0.15) is 0 Å². The van der Waals surface area contributed by atoms with Crippen molar-refractivity contribution < 1.29 is 9.47 Å². The molecule has 0 saturated heterocycles. The van der Waals surface area contributed by atoms with Gasteiger partial charge in [0.1, 0.15) is 23.9 Å². The third kappa shape index (κ3) is 5.25. The molecule has 0 aliphatic carbocycles. The summed E-state index contributed by atoms with van der Waals surface area (Å²) in [5, 5.41) is 0.606. The van der Waals surface area contributed by atoms with Gasteiger partial charge in [0.2, 0.25) is 0 Å². The molecule has 0 bridgehead atoms. The normalized spacial score (nSPS) is 11.2. The van der Waals surface area contributed by atoms with Crippen LogP contribution in [0, 0.1) is 0 Å². The number of nitrogens with zero attached hydrogens (tertiary/aromatic N) is 2. The van der Waals surface area contributed by atoms with Gasteiger partial charge in [0.05, 0.1) is 22.7 Å². The molecule has 0 amide bonds. The highest BCUT2D eigenvalue weighted by atomic mass is 35.5. The van der Waals surface area contributed by atoms with Gasteiger partial charge in [-0.05, 0) is 54.7 Å². The van der Waals surface area contributed by atoms with E-state index in [1.54, 1.807) is 0 Å². The van der Waals surface area contributed by atoms with Crippen LogP contribution in [0.2, 0.25) is 5.02 Å². The van der Waals surface area contributed by atoms with Crippen LogP contribution in [0.15, 0.2) is 72.8 Å². The minimum absolute atomic E-state index is 0.372. The molecule has 0 atom stereocenters. The Balaban J connectivity index is 1.39. The van der Waals surface area contributed by atoms with Gasteiger partial charge in [-0.1, -0.05) is 67.9 Å². The lowest BCUT2D eigenvalue weighted by Gasteiger charge is -2.14. The van der Waals surface area contributed by atoms with E-state index in [4.69, 9.17) is 26.1 Å². The topological polar surface area (TPSA) is 36.3 Å². The van der Waals surface area contributed by atoms with E-state index in [0.29, 0.717) is 29.9 Å². The number of hydrogen-bond donors (Lipinski definition) is 0. The number of para-hydroxylation sites is 4. The molecule has 166 valence electrons. The van der Waals surface area contributed by atoms with E-state index < -0.39 is 0 Å². The Morgan fingerprint density at radius 2 is 1.56 bits per heavy atom. The molecule has 0 N–H and O–H groups in total. The molecule has 0 aliphatic heterocycles. The van der Waals surface area contributed by atoms with E-state index >= 15 is 0 Å². The number of hydrogen-bond acceptors (Lipinski definition) is 3. The summed E-state index contributed by atoms with van der Waals surface area (Å²) in [5.74, 6) is 3.01. The van der Waals surface area contributed by atoms with Crippen molar-refractivity contribution in [1.82, 2.24) is 9.55 Å². The molecule has 4 nitrogen and oxygen atoms in total. The fourth-order valence-corrected chi connectivity index (χ4v) is 4.02. The van der Waals surface area contributed by atoms with Crippen molar-refractivity contribution in [2.45, 2.75) is 45.8 Å². The van der Waals surface area contributed by atoms with Gasteiger partial charge in [-0.3, -0.25) is 0 Å². The molecule has 4 rings (SSSR count). The second kappa shape index (κ2) is 10.6. The van der Waals surface area contributed by atoms with Crippen LogP contribution in [0.5, 0.6) is 11.5 Å². The average molecular weight is 449 g/mol. The summed E-state index contributed by atoms with van der Waals surface area (Å²) < 4.78 is 14.3. The average Bonchev–Trinajstić information content (AvgIpc) is 3.16. The van der Waals surface area contributed by atoms with E-state index in [1.165, 1.54) is 5.56 Å². The molecule has 0 radical (unpaired) electrons. The predicted molar refractivity (Wildman–Crippen MR) is 131 cm³/mol. The molecule has 1 heterocycles. The first kappa shape index (κ1) is 22.2. The molecule has 5 heteroatoms. The summed E-state index contributed by atoms with van der Waals surface area (Å²) in [4.78, 5) is 4.80. The Morgan fingerprint density at radius 1 is 0.844 bits per heavy atom. The Bertz CT molecular complexity index is 1170. The van der Waals surface area contributed by atoms with Crippen molar-refractivity contribution in [1.29, 1.82) is 0 Å². The summed E-state index contributed by atoms with van der Waals surface area (Å²) in [7, 11) is 0. The largest absolute Gasteiger partial charge is 0.493 e. The monoisotopic (exact) mass is 448 g/mol. The molecule has 0 fully saturated rings. The maximum atomic E-state index is 6.24. The second-order valence-corrected chi connectivity index (χ2v) is 8.54. The molecule has 3 aromatic carbocycles. The highest BCUT2D eigenvalue weighted by Crippen LogP contribution is 2.27. The van der Waals surface area contributed by atoms with E-state index in [1.807, 2.05) is 48.5 Å². The Labute approximate surface area is 194 Å². The number of fused-ring (bicyclic) bond motifs is 1. The first-order chi connectivity index (χ1) is 15.6. The molecule has 0 aliphatic rings. The molecular weight excluding hydrogens is 420 g/mol. The van der Waals surface area contributed by atoms with Gasteiger partial charge in [0.15, 0.2) is 0 Å². The highest BCUT2D eigenvalue weighted by Gasteiger charge is 2.12. The first-order valence-corrected chi connectivity index (χ1v) is 11.5. The van der Waals surface area contributed by atoms with Crippen molar-refractivity contribution in [2.24, 2.45) is 0 Å². The van der Waals surface area contributed by atoms with Crippen molar-refractivity contribution in [3.63, 3.8) is 0 Å². The van der Waals surface area contributed by atoms with Crippen LogP contribution < -0.4 is 9.47 Å². The number of aromatic nitrogens is 2. The number of unbranched alkanes of at least 4 members (excludes halogenated alkanes) is 1. The maximum absolute atomic E-state index is 6.24. The van der Waals surface area contributed by atoms with Crippen LogP contribution in [0.3, 0.4) is 0 Å². The predicted octanol–water partition coefficient (Wildman–Crippen LogP) is 7.25. The van der Waals surface area contributed by atoms with Gasteiger partial charge in [0, 0.05) is 6.54 Å². The van der Waals surface area contributed by atoms with Crippen molar-refractivity contribution in [3.05, 3.63) is 89.2 Å². The quantitative estimate of drug-likeness (QED) is 0.240. The molecule has 32 heavy (non-hydrogen) atoms. The second-order valence-electron chi connectivity index (χ2n) is 8.14. The molecule has 0 spiro atoms. The lowest BCUT2D eigenvalue weighted by Crippen LogP contribution is -2.09. The molecule has 4 aromatic rings. The van der Waals surface area contributed by atoms with Crippen LogP contribution in [-0.2, 0) is 13.2 Å². The fourth-order valence-electron chi connectivity index (χ4n) is 3.83. The summed E-state index contributed by atoms with van der Waals surface area (Å²) in [5.41, 5.74) is 3.36. The van der Waals surface area contributed by atoms with Crippen LogP contribution >= 0.6 is 11.6 Å². The number of halogens is 1. The summed E-state index contributed by atoms with van der Waals surface area (Å²) in [6.45, 7) is 6.31. The van der Waals surface area contributed by atoms with E-state index in [0.717, 1.165) is 42.0 Å².